The number of hydrogen-bond acceptors (Lipinski definition) is 1. The van der Waals surface area contributed by atoms with E-state index in [2.05, 4.69) is 59.9 Å². The topological polar surface area (TPSA) is 12.0 Å². The summed E-state index contributed by atoms with van der Waals surface area (Å²) in [5, 5.41) is 3.21. The summed E-state index contributed by atoms with van der Waals surface area (Å²) in [5.74, 6) is 0. The molecule has 0 unspecified atom stereocenters. The molecule has 0 aromatic heterocycles. The van der Waals surface area contributed by atoms with E-state index in [1.165, 1.54) is 5.69 Å². The predicted octanol–water partition coefficient (Wildman–Crippen LogP) is 3.51. The van der Waals surface area contributed by atoms with Crippen LogP contribution in [0.5, 0.6) is 0 Å². The molecule has 2 radical (unpaired) electrons. The van der Waals surface area contributed by atoms with Gasteiger partial charge < -0.3 is 5.32 Å². The molecule has 66 valence electrons. The van der Waals surface area contributed by atoms with E-state index in [1.54, 1.807) is 0 Å². The van der Waals surface area contributed by atoms with Crippen molar-refractivity contribution < 1.29 is 0 Å². The molecule has 1 rings (SSSR count). The average Bonchev–Trinajstić information content (AvgIpc) is 2.08. The van der Waals surface area contributed by atoms with Crippen LogP contribution >= 0.6 is 35.5 Å². The molecule has 0 spiro atoms. The summed E-state index contributed by atoms with van der Waals surface area (Å²) in [6.45, 7) is 3.08. The Morgan fingerprint density at radius 3 is 2.17 bits per heavy atom. The minimum absolute atomic E-state index is 0.0233. The first kappa shape index (κ1) is 13.4. The van der Waals surface area contributed by atoms with Gasteiger partial charge in [0, 0.05) is 12.2 Å². The molecule has 0 aliphatic rings. The normalized spacial score (nSPS) is 8.25. The Morgan fingerprint density at radius 1 is 1.25 bits per heavy atom. The quantitative estimate of drug-likeness (QED) is 0.416. The summed E-state index contributed by atoms with van der Waals surface area (Å²) in [7, 11) is 0. The first-order chi connectivity index (χ1) is 5.85. The fourth-order valence-corrected chi connectivity index (χ4v) is 0.760. The standard InChI is InChI=1S/C8H11N.2HI.Pb/c1-2-9-8-6-4-3-5-7-8;;;/h3-7,9H,2H2,1H3;2*1H;/q;;;+2/p-2. The van der Waals surface area contributed by atoms with Crippen LogP contribution in [-0.4, -0.2) is 22.2 Å². The van der Waals surface area contributed by atoms with Crippen LogP contribution < -0.4 is 5.32 Å². The van der Waals surface area contributed by atoms with E-state index in [0.717, 1.165) is 6.54 Å². The number of hydrogen-bond donors (Lipinski definition) is 1. The van der Waals surface area contributed by atoms with Gasteiger partial charge in [0.15, 0.2) is 0 Å². The zero-order chi connectivity index (χ0) is 9.23. The molecule has 0 atom stereocenters. The number of nitrogens with one attached hydrogen (secondary N) is 1. The molecule has 0 bridgehead atoms. The molecule has 1 aromatic carbocycles. The second kappa shape index (κ2) is 10.5. The number of anilines is 1. The second-order valence-electron chi connectivity index (χ2n) is 1.97. The van der Waals surface area contributed by atoms with Gasteiger partial charge in [-0.05, 0) is 19.1 Å². The fourth-order valence-electron chi connectivity index (χ4n) is 0.760. The molecule has 0 aliphatic heterocycles. The molecule has 0 saturated heterocycles. The van der Waals surface area contributed by atoms with E-state index in [4.69, 9.17) is 0 Å². The molecule has 1 N–H and O–H groups in total. The molecule has 4 heteroatoms. The van der Waals surface area contributed by atoms with Crippen LogP contribution in [0.3, 0.4) is 0 Å². The summed E-state index contributed by atoms with van der Waals surface area (Å²) in [4.78, 5) is 0. The Kier molecular flexibility index (Phi) is 11.7. The van der Waals surface area contributed by atoms with Gasteiger partial charge >= 0.3 is 51.2 Å². The van der Waals surface area contributed by atoms with Crippen LogP contribution in [-0.2, 0) is 0 Å². The average molecular weight is 582 g/mol. The van der Waals surface area contributed by atoms with Gasteiger partial charge in [0.05, 0.1) is 0 Å². The summed E-state index contributed by atoms with van der Waals surface area (Å²) < 4.78 is 0. The second-order valence-corrected chi connectivity index (χ2v) is 30.1. The Balaban J connectivity index is 0.000000354. The molecule has 0 amide bonds. The van der Waals surface area contributed by atoms with Crippen molar-refractivity contribution in [3.63, 3.8) is 0 Å². The maximum absolute atomic E-state index is 3.21. The van der Waals surface area contributed by atoms with Crippen molar-refractivity contribution in [2.24, 2.45) is 0 Å². The Morgan fingerprint density at radius 2 is 1.75 bits per heavy atom. The summed E-state index contributed by atoms with van der Waals surface area (Å²) in [6.07, 6.45) is 0. The van der Waals surface area contributed by atoms with E-state index in [-0.39, 0.29) is 15.6 Å². The number of para-hydroxylation sites is 1. The molecular weight excluding hydrogens is 571 g/mol. The molecule has 1 nitrogen and oxygen atoms in total. The molecule has 1 aromatic rings. The third-order valence-electron chi connectivity index (χ3n) is 1.15. The fraction of sp³-hybridized carbons (Fsp3) is 0.250. The summed E-state index contributed by atoms with van der Waals surface area (Å²) in [5.41, 5.74) is 1.19. The number of benzene rings is 1. The molecule has 0 fully saturated rings. The van der Waals surface area contributed by atoms with Crippen LogP contribution in [0.4, 0.5) is 5.69 Å². The van der Waals surface area contributed by atoms with E-state index in [9.17, 15) is 0 Å². The van der Waals surface area contributed by atoms with Crippen molar-refractivity contribution in [3.05, 3.63) is 30.3 Å². The maximum atomic E-state index is 3.21. The number of halogens is 2. The van der Waals surface area contributed by atoms with Crippen molar-refractivity contribution in [3.8, 4) is 0 Å². The van der Waals surface area contributed by atoms with Crippen molar-refractivity contribution >= 4 is 56.9 Å². The van der Waals surface area contributed by atoms with Gasteiger partial charge in [-0.25, -0.2) is 0 Å². The van der Waals surface area contributed by atoms with Gasteiger partial charge in [-0.2, -0.15) is 0 Å². The SMILES string of the molecule is CCNc1ccccc1.[I][Pb][I]. The zero-order valence-corrected chi connectivity index (χ0v) is 15.1. The van der Waals surface area contributed by atoms with E-state index in [0.29, 0.717) is 0 Å². The van der Waals surface area contributed by atoms with E-state index < -0.39 is 0 Å². The number of rotatable bonds is 2. The van der Waals surface area contributed by atoms with Crippen molar-refractivity contribution in [1.82, 2.24) is 0 Å². The molecule has 12 heavy (non-hydrogen) atoms. The van der Waals surface area contributed by atoms with Gasteiger partial charge in [-0.3, -0.25) is 0 Å². The van der Waals surface area contributed by atoms with Crippen molar-refractivity contribution in [1.29, 1.82) is 0 Å². The van der Waals surface area contributed by atoms with Crippen LogP contribution in [0.15, 0.2) is 30.3 Å². The van der Waals surface area contributed by atoms with Gasteiger partial charge in [-0.15, -0.1) is 0 Å². The van der Waals surface area contributed by atoms with Crippen LogP contribution in [0.1, 0.15) is 6.92 Å². The minimum atomic E-state index is 0.0233. The first-order valence-corrected chi connectivity index (χ1v) is 25.5. The van der Waals surface area contributed by atoms with E-state index >= 15 is 0 Å². The summed E-state index contributed by atoms with van der Waals surface area (Å²) >= 11 is 4.96. The molecule has 0 saturated carbocycles. The van der Waals surface area contributed by atoms with Gasteiger partial charge in [-0.1, -0.05) is 18.2 Å². The molecule has 0 heterocycles. The van der Waals surface area contributed by atoms with Gasteiger partial charge in [0.2, 0.25) is 0 Å². The Labute approximate surface area is 104 Å². The van der Waals surface area contributed by atoms with Gasteiger partial charge in [0.25, 0.3) is 0 Å². The Bertz CT molecular complexity index is 182. The molecule has 0 aliphatic carbocycles. The third kappa shape index (κ3) is 8.02. The predicted molar refractivity (Wildman–Crippen MR) is 74.4 cm³/mol. The monoisotopic (exact) mass is 583 g/mol. The van der Waals surface area contributed by atoms with Crippen LogP contribution in [0.25, 0.3) is 0 Å². The van der Waals surface area contributed by atoms with Crippen LogP contribution in [0, 0.1) is 0 Å². The zero-order valence-electron chi connectivity index (χ0n) is 6.85. The van der Waals surface area contributed by atoms with Gasteiger partial charge in [0.1, 0.15) is 0 Å². The first-order valence-electron chi connectivity index (χ1n) is 3.60. The molecular formula is C8H11I2NPb. The van der Waals surface area contributed by atoms with Crippen LogP contribution in [0.2, 0.25) is 0 Å². The van der Waals surface area contributed by atoms with Crippen molar-refractivity contribution in [2.45, 2.75) is 6.92 Å². The third-order valence-corrected chi connectivity index (χ3v) is 1.15. The van der Waals surface area contributed by atoms with Crippen molar-refractivity contribution in [2.75, 3.05) is 11.9 Å². The van der Waals surface area contributed by atoms with E-state index in [1.807, 2.05) is 18.2 Å². The summed E-state index contributed by atoms with van der Waals surface area (Å²) in [6, 6.07) is 10.2. The Hall–Kier alpha value is 1.40.